The fourth-order valence-corrected chi connectivity index (χ4v) is 1.53. The molecule has 0 spiro atoms. The topological polar surface area (TPSA) is 63.9 Å². The molecule has 0 unspecified atom stereocenters. The van der Waals surface area contributed by atoms with E-state index in [1.807, 2.05) is 0 Å². The van der Waals surface area contributed by atoms with Gasteiger partial charge in [0, 0.05) is 11.3 Å². The quantitative estimate of drug-likeness (QED) is 0.750. The molecule has 0 fully saturated rings. The molecular formula is C10H19N3O. The van der Waals surface area contributed by atoms with Crippen molar-refractivity contribution < 1.29 is 4.74 Å². The summed E-state index contributed by atoms with van der Waals surface area (Å²) in [6, 6.07) is 0. The van der Waals surface area contributed by atoms with E-state index in [-0.39, 0.29) is 0 Å². The van der Waals surface area contributed by atoms with E-state index in [1.165, 1.54) is 5.56 Å². The van der Waals surface area contributed by atoms with Gasteiger partial charge < -0.3 is 10.5 Å². The maximum absolute atomic E-state index is 5.49. The van der Waals surface area contributed by atoms with Gasteiger partial charge in [0.15, 0.2) is 0 Å². The van der Waals surface area contributed by atoms with Crippen LogP contribution in [0.15, 0.2) is 0 Å². The lowest BCUT2D eigenvalue weighted by molar-refractivity contribution is 0.392. The van der Waals surface area contributed by atoms with Crippen LogP contribution in [0.3, 0.4) is 0 Å². The molecule has 1 heterocycles. The first-order chi connectivity index (χ1) is 6.70. The number of nitrogens with one attached hydrogen (secondary N) is 1. The van der Waals surface area contributed by atoms with Crippen molar-refractivity contribution in [1.29, 1.82) is 0 Å². The van der Waals surface area contributed by atoms with Gasteiger partial charge in [-0.2, -0.15) is 0 Å². The van der Waals surface area contributed by atoms with Crippen molar-refractivity contribution in [2.24, 2.45) is 5.73 Å². The molecule has 3 N–H and O–H groups in total. The van der Waals surface area contributed by atoms with E-state index >= 15 is 0 Å². The second-order valence-corrected chi connectivity index (χ2v) is 3.67. The van der Waals surface area contributed by atoms with Crippen LogP contribution in [0, 0.1) is 0 Å². The molecule has 4 heteroatoms. The van der Waals surface area contributed by atoms with Crippen molar-refractivity contribution in [1.82, 2.24) is 10.2 Å². The first-order valence-electron chi connectivity index (χ1n) is 5.01. The SMILES string of the molecule is COc1n[nH]c(C(C)C)c1CCCN. The Morgan fingerprint density at radius 2 is 2.21 bits per heavy atom. The summed E-state index contributed by atoms with van der Waals surface area (Å²) in [7, 11) is 1.65. The standard InChI is InChI=1S/C10H19N3O/c1-7(2)9-8(5-4-6-11)10(14-3)13-12-9/h7H,4-6,11H2,1-3H3,(H,12,13). The third kappa shape index (κ3) is 2.26. The van der Waals surface area contributed by atoms with Crippen LogP contribution < -0.4 is 10.5 Å². The monoisotopic (exact) mass is 197 g/mol. The summed E-state index contributed by atoms with van der Waals surface area (Å²) < 4.78 is 5.19. The lowest BCUT2D eigenvalue weighted by Gasteiger charge is -2.06. The number of hydrogen-bond donors (Lipinski definition) is 2. The highest BCUT2D eigenvalue weighted by Gasteiger charge is 2.15. The molecule has 1 aromatic heterocycles. The summed E-state index contributed by atoms with van der Waals surface area (Å²) in [4.78, 5) is 0. The van der Waals surface area contributed by atoms with Crippen LogP contribution in [0.1, 0.15) is 37.4 Å². The van der Waals surface area contributed by atoms with Crippen molar-refractivity contribution in [3.8, 4) is 5.88 Å². The molecule has 0 radical (unpaired) electrons. The molecule has 0 amide bonds. The fraction of sp³-hybridized carbons (Fsp3) is 0.700. The molecular weight excluding hydrogens is 178 g/mol. The molecule has 4 nitrogen and oxygen atoms in total. The Balaban J connectivity index is 2.88. The first kappa shape index (κ1) is 11.0. The van der Waals surface area contributed by atoms with E-state index in [1.54, 1.807) is 7.11 Å². The summed E-state index contributed by atoms with van der Waals surface area (Å²) in [6.07, 6.45) is 1.90. The van der Waals surface area contributed by atoms with Crippen LogP contribution in [0.4, 0.5) is 0 Å². The highest BCUT2D eigenvalue weighted by atomic mass is 16.5. The number of aromatic amines is 1. The van der Waals surface area contributed by atoms with Gasteiger partial charge in [-0.15, -0.1) is 5.10 Å². The molecule has 0 atom stereocenters. The third-order valence-electron chi connectivity index (χ3n) is 2.26. The van der Waals surface area contributed by atoms with Crippen LogP contribution in [-0.4, -0.2) is 23.9 Å². The molecule has 0 bridgehead atoms. The maximum atomic E-state index is 5.49. The van der Waals surface area contributed by atoms with Gasteiger partial charge in [-0.3, -0.25) is 5.10 Å². The highest BCUT2D eigenvalue weighted by molar-refractivity contribution is 5.32. The highest BCUT2D eigenvalue weighted by Crippen LogP contribution is 2.25. The minimum absolute atomic E-state index is 0.444. The van der Waals surface area contributed by atoms with E-state index in [0.29, 0.717) is 18.3 Å². The summed E-state index contributed by atoms with van der Waals surface area (Å²) in [6.45, 7) is 4.98. The van der Waals surface area contributed by atoms with Crippen LogP contribution in [-0.2, 0) is 6.42 Å². The van der Waals surface area contributed by atoms with Crippen molar-refractivity contribution in [3.63, 3.8) is 0 Å². The van der Waals surface area contributed by atoms with E-state index in [2.05, 4.69) is 24.0 Å². The lowest BCUT2D eigenvalue weighted by Crippen LogP contribution is -2.03. The Labute approximate surface area is 84.8 Å². The van der Waals surface area contributed by atoms with E-state index in [0.717, 1.165) is 18.5 Å². The molecule has 0 aromatic carbocycles. The smallest absolute Gasteiger partial charge is 0.235 e. The number of methoxy groups -OCH3 is 1. The van der Waals surface area contributed by atoms with Crippen molar-refractivity contribution >= 4 is 0 Å². The molecule has 0 aliphatic rings. The van der Waals surface area contributed by atoms with Crippen LogP contribution in [0.5, 0.6) is 5.88 Å². The number of nitrogens with zero attached hydrogens (tertiary/aromatic N) is 1. The average molecular weight is 197 g/mol. The Bertz CT molecular complexity index is 281. The summed E-state index contributed by atoms with van der Waals surface area (Å²) >= 11 is 0. The number of hydrogen-bond acceptors (Lipinski definition) is 3. The summed E-state index contributed by atoms with van der Waals surface area (Å²) in [5, 5.41) is 7.14. The van der Waals surface area contributed by atoms with E-state index in [4.69, 9.17) is 10.5 Å². The Morgan fingerprint density at radius 3 is 2.71 bits per heavy atom. The van der Waals surface area contributed by atoms with Gasteiger partial charge in [-0.1, -0.05) is 13.8 Å². The average Bonchev–Trinajstić information content (AvgIpc) is 2.57. The second kappa shape index (κ2) is 5.00. The predicted molar refractivity (Wildman–Crippen MR) is 56.6 cm³/mol. The zero-order valence-electron chi connectivity index (χ0n) is 9.13. The zero-order chi connectivity index (χ0) is 10.6. The Kier molecular flexibility index (Phi) is 3.95. The Hall–Kier alpha value is -1.03. The van der Waals surface area contributed by atoms with Gasteiger partial charge >= 0.3 is 0 Å². The first-order valence-corrected chi connectivity index (χ1v) is 5.01. The van der Waals surface area contributed by atoms with Gasteiger partial charge in [0.1, 0.15) is 0 Å². The Morgan fingerprint density at radius 1 is 1.50 bits per heavy atom. The minimum atomic E-state index is 0.444. The van der Waals surface area contributed by atoms with Crippen molar-refractivity contribution in [2.75, 3.05) is 13.7 Å². The molecule has 0 saturated carbocycles. The fourth-order valence-electron chi connectivity index (χ4n) is 1.53. The molecule has 0 saturated heterocycles. The second-order valence-electron chi connectivity index (χ2n) is 3.67. The number of aromatic nitrogens is 2. The van der Waals surface area contributed by atoms with E-state index in [9.17, 15) is 0 Å². The molecule has 0 aliphatic heterocycles. The van der Waals surface area contributed by atoms with Gasteiger partial charge in [-0.05, 0) is 25.3 Å². The molecule has 80 valence electrons. The summed E-state index contributed by atoms with van der Waals surface area (Å²) in [5.74, 6) is 1.15. The molecule has 1 rings (SSSR count). The maximum Gasteiger partial charge on any atom is 0.235 e. The van der Waals surface area contributed by atoms with Gasteiger partial charge in [0.25, 0.3) is 0 Å². The van der Waals surface area contributed by atoms with Gasteiger partial charge in [-0.25, -0.2) is 0 Å². The van der Waals surface area contributed by atoms with Gasteiger partial charge in [0.05, 0.1) is 7.11 Å². The molecule has 14 heavy (non-hydrogen) atoms. The van der Waals surface area contributed by atoms with Crippen molar-refractivity contribution in [3.05, 3.63) is 11.3 Å². The number of H-pyrrole nitrogens is 1. The minimum Gasteiger partial charge on any atom is -0.480 e. The van der Waals surface area contributed by atoms with Gasteiger partial charge in [0.2, 0.25) is 5.88 Å². The predicted octanol–water partition coefficient (Wildman–Crippen LogP) is 1.43. The van der Waals surface area contributed by atoms with Crippen LogP contribution in [0.25, 0.3) is 0 Å². The normalized spacial score (nSPS) is 10.9. The van der Waals surface area contributed by atoms with E-state index < -0.39 is 0 Å². The summed E-state index contributed by atoms with van der Waals surface area (Å²) in [5.41, 5.74) is 7.83. The lowest BCUT2D eigenvalue weighted by atomic mass is 10.0. The third-order valence-corrected chi connectivity index (χ3v) is 2.26. The molecule has 0 aliphatic carbocycles. The van der Waals surface area contributed by atoms with Crippen molar-refractivity contribution in [2.45, 2.75) is 32.6 Å². The zero-order valence-corrected chi connectivity index (χ0v) is 9.13. The van der Waals surface area contributed by atoms with Crippen LogP contribution in [0.2, 0.25) is 0 Å². The number of nitrogens with two attached hydrogens (primary N) is 1. The number of rotatable bonds is 5. The molecule has 1 aromatic rings. The number of ether oxygens (including phenoxy) is 1. The largest absolute Gasteiger partial charge is 0.480 e. The van der Waals surface area contributed by atoms with Crippen LogP contribution >= 0.6 is 0 Å².